The zero-order valence-electron chi connectivity index (χ0n) is 12.7. The maximum absolute atomic E-state index is 11.3. The SMILES string of the molecule is COCCN(CCC(=O)OC)CC1Cc2ccccc2S1. The Kier molecular flexibility index (Phi) is 6.54. The van der Waals surface area contributed by atoms with Gasteiger partial charge in [-0.15, -0.1) is 11.8 Å². The van der Waals surface area contributed by atoms with Crippen LogP contribution >= 0.6 is 11.8 Å². The second kappa shape index (κ2) is 8.41. The molecule has 5 heteroatoms. The molecule has 1 heterocycles. The molecule has 2 rings (SSSR count). The van der Waals surface area contributed by atoms with Crippen molar-refractivity contribution in [1.29, 1.82) is 0 Å². The van der Waals surface area contributed by atoms with Crippen LogP contribution in [0, 0.1) is 0 Å². The topological polar surface area (TPSA) is 38.8 Å². The van der Waals surface area contributed by atoms with E-state index in [0.717, 1.165) is 26.1 Å². The second-order valence-electron chi connectivity index (χ2n) is 5.17. The van der Waals surface area contributed by atoms with Gasteiger partial charge in [0, 0.05) is 36.9 Å². The minimum Gasteiger partial charge on any atom is -0.469 e. The van der Waals surface area contributed by atoms with Gasteiger partial charge in [-0.25, -0.2) is 0 Å². The molecule has 1 aromatic rings. The summed E-state index contributed by atoms with van der Waals surface area (Å²) in [6.07, 6.45) is 1.53. The van der Waals surface area contributed by atoms with Crippen LogP contribution in [0.2, 0.25) is 0 Å². The molecule has 0 aromatic heterocycles. The predicted octanol–water partition coefficient (Wildman–Crippen LogP) is 2.21. The molecule has 1 atom stereocenters. The van der Waals surface area contributed by atoms with E-state index in [4.69, 9.17) is 9.47 Å². The third-order valence-corrected chi connectivity index (χ3v) is 4.95. The number of esters is 1. The number of carbonyl (C=O) groups excluding carboxylic acids is 1. The Morgan fingerprint density at radius 3 is 2.86 bits per heavy atom. The Balaban J connectivity index is 1.85. The molecule has 1 aliphatic rings. The number of hydrogen-bond acceptors (Lipinski definition) is 5. The van der Waals surface area contributed by atoms with Crippen molar-refractivity contribution in [1.82, 2.24) is 4.90 Å². The van der Waals surface area contributed by atoms with E-state index < -0.39 is 0 Å². The van der Waals surface area contributed by atoms with Crippen molar-refractivity contribution < 1.29 is 14.3 Å². The van der Waals surface area contributed by atoms with Crippen LogP contribution in [0.4, 0.5) is 0 Å². The number of hydrogen-bond donors (Lipinski definition) is 0. The molecule has 0 amide bonds. The van der Waals surface area contributed by atoms with Crippen LogP contribution < -0.4 is 0 Å². The van der Waals surface area contributed by atoms with Gasteiger partial charge in [0.2, 0.25) is 0 Å². The Morgan fingerprint density at radius 1 is 1.33 bits per heavy atom. The van der Waals surface area contributed by atoms with Crippen LogP contribution in [-0.2, 0) is 20.7 Å². The summed E-state index contributed by atoms with van der Waals surface area (Å²) >= 11 is 1.94. The highest BCUT2D eigenvalue weighted by molar-refractivity contribution is 8.00. The van der Waals surface area contributed by atoms with Gasteiger partial charge in [0.25, 0.3) is 0 Å². The zero-order valence-corrected chi connectivity index (χ0v) is 13.5. The highest BCUT2D eigenvalue weighted by Crippen LogP contribution is 2.36. The zero-order chi connectivity index (χ0) is 15.1. The Morgan fingerprint density at radius 2 is 2.14 bits per heavy atom. The number of nitrogens with zero attached hydrogens (tertiary/aromatic N) is 1. The number of thioether (sulfide) groups is 1. The van der Waals surface area contributed by atoms with Gasteiger partial charge in [0.1, 0.15) is 0 Å². The lowest BCUT2D eigenvalue weighted by Gasteiger charge is -2.24. The minimum atomic E-state index is -0.153. The van der Waals surface area contributed by atoms with Gasteiger partial charge < -0.3 is 9.47 Å². The fourth-order valence-electron chi connectivity index (χ4n) is 2.51. The van der Waals surface area contributed by atoms with Crippen molar-refractivity contribution in [3.8, 4) is 0 Å². The lowest BCUT2D eigenvalue weighted by Crippen LogP contribution is -2.35. The monoisotopic (exact) mass is 309 g/mol. The van der Waals surface area contributed by atoms with Crippen molar-refractivity contribution in [3.05, 3.63) is 29.8 Å². The van der Waals surface area contributed by atoms with E-state index in [0.29, 0.717) is 18.3 Å². The molecule has 4 nitrogen and oxygen atoms in total. The Bertz CT molecular complexity index is 442. The normalized spacial score (nSPS) is 17.0. The summed E-state index contributed by atoms with van der Waals surface area (Å²) in [5, 5.41) is 0.553. The standard InChI is InChI=1S/C16H23NO3S/c1-19-10-9-17(8-7-16(18)20-2)12-14-11-13-5-3-4-6-15(13)21-14/h3-6,14H,7-12H2,1-2H3. The van der Waals surface area contributed by atoms with Crippen LogP contribution in [0.25, 0.3) is 0 Å². The molecule has 1 aliphatic heterocycles. The van der Waals surface area contributed by atoms with Crippen LogP contribution in [-0.4, -0.2) is 56.6 Å². The summed E-state index contributed by atoms with van der Waals surface area (Å²) in [7, 11) is 3.14. The van der Waals surface area contributed by atoms with Crippen LogP contribution in [0.15, 0.2) is 29.2 Å². The summed E-state index contributed by atoms with van der Waals surface area (Å²) < 4.78 is 9.89. The van der Waals surface area contributed by atoms with Gasteiger partial charge in [0.15, 0.2) is 0 Å². The fourth-order valence-corrected chi connectivity index (χ4v) is 3.88. The van der Waals surface area contributed by atoms with Crippen LogP contribution in [0.3, 0.4) is 0 Å². The van der Waals surface area contributed by atoms with Gasteiger partial charge in [-0.3, -0.25) is 9.69 Å². The van der Waals surface area contributed by atoms with Crippen molar-refractivity contribution >= 4 is 17.7 Å². The lowest BCUT2D eigenvalue weighted by atomic mass is 10.1. The summed E-state index contributed by atoms with van der Waals surface area (Å²) in [5.74, 6) is -0.153. The first-order valence-corrected chi connectivity index (χ1v) is 8.13. The molecular weight excluding hydrogens is 286 g/mol. The van der Waals surface area contributed by atoms with E-state index in [1.54, 1.807) is 7.11 Å². The average Bonchev–Trinajstić information content (AvgIpc) is 2.91. The first-order valence-electron chi connectivity index (χ1n) is 7.25. The summed E-state index contributed by atoms with van der Waals surface area (Å²) in [4.78, 5) is 15.0. The average molecular weight is 309 g/mol. The number of rotatable bonds is 8. The molecule has 0 N–H and O–H groups in total. The van der Waals surface area contributed by atoms with E-state index in [1.165, 1.54) is 17.6 Å². The van der Waals surface area contributed by atoms with Gasteiger partial charge in [0.05, 0.1) is 20.1 Å². The molecular formula is C16H23NO3S. The summed E-state index contributed by atoms with van der Waals surface area (Å²) in [6, 6.07) is 8.58. The highest BCUT2D eigenvalue weighted by Gasteiger charge is 2.24. The van der Waals surface area contributed by atoms with Crippen molar-refractivity contribution in [3.63, 3.8) is 0 Å². The predicted molar refractivity (Wildman–Crippen MR) is 84.7 cm³/mol. The molecule has 0 spiro atoms. The first kappa shape index (κ1) is 16.3. The molecule has 116 valence electrons. The van der Waals surface area contributed by atoms with Crippen LogP contribution in [0.5, 0.6) is 0 Å². The second-order valence-corrected chi connectivity index (χ2v) is 6.51. The first-order chi connectivity index (χ1) is 10.2. The molecule has 1 aromatic carbocycles. The van der Waals surface area contributed by atoms with Gasteiger partial charge in [-0.1, -0.05) is 18.2 Å². The largest absolute Gasteiger partial charge is 0.469 e. The molecule has 0 saturated carbocycles. The molecule has 0 radical (unpaired) electrons. The molecule has 0 saturated heterocycles. The van der Waals surface area contributed by atoms with Crippen molar-refractivity contribution in [2.75, 3.05) is 40.5 Å². The van der Waals surface area contributed by atoms with Crippen molar-refractivity contribution in [2.45, 2.75) is 23.0 Å². The van der Waals surface area contributed by atoms with E-state index in [2.05, 4.69) is 29.2 Å². The third kappa shape index (κ3) is 5.02. The Hall–Kier alpha value is -1.04. The molecule has 1 unspecified atom stereocenters. The van der Waals surface area contributed by atoms with E-state index in [9.17, 15) is 4.79 Å². The molecule has 21 heavy (non-hydrogen) atoms. The smallest absolute Gasteiger partial charge is 0.306 e. The number of fused-ring (bicyclic) bond motifs is 1. The summed E-state index contributed by atoms with van der Waals surface area (Å²) in [6.45, 7) is 3.23. The van der Waals surface area contributed by atoms with Crippen LogP contribution in [0.1, 0.15) is 12.0 Å². The Labute approximate surface area is 130 Å². The minimum absolute atomic E-state index is 0.153. The summed E-state index contributed by atoms with van der Waals surface area (Å²) in [5.41, 5.74) is 1.44. The van der Waals surface area contributed by atoms with Crippen molar-refractivity contribution in [2.24, 2.45) is 0 Å². The van der Waals surface area contributed by atoms with E-state index in [1.807, 2.05) is 11.8 Å². The third-order valence-electron chi connectivity index (χ3n) is 3.65. The van der Waals surface area contributed by atoms with E-state index in [-0.39, 0.29) is 5.97 Å². The number of ether oxygens (including phenoxy) is 2. The van der Waals surface area contributed by atoms with E-state index >= 15 is 0 Å². The number of carbonyl (C=O) groups is 1. The number of methoxy groups -OCH3 is 2. The van der Waals surface area contributed by atoms with Gasteiger partial charge in [-0.2, -0.15) is 0 Å². The van der Waals surface area contributed by atoms with Gasteiger partial charge >= 0.3 is 5.97 Å². The fraction of sp³-hybridized carbons (Fsp3) is 0.562. The lowest BCUT2D eigenvalue weighted by molar-refractivity contribution is -0.141. The quantitative estimate of drug-likeness (QED) is 0.689. The maximum atomic E-state index is 11.3. The number of benzene rings is 1. The molecule has 0 fully saturated rings. The molecule has 0 bridgehead atoms. The maximum Gasteiger partial charge on any atom is 0.306 e. The molecule has 0 aliphatic carbocycles. The highest BCUT2D eigenvalue weighted by atomic mass is 32.2. The van der Waals surface area contributed by atoms with Gasteiger partial charge in [-0.05, 0) is 18.1 Å².